The van der Waals surface area contributed by atoms with Crippen LogP contribution in [0.2, 0.25) is 15.1 Å². The molecule has 1 aromatic carbocycles. The van der Waals surface area contributed by atoms with Crippen LogP contribution in [0, 0.1) is 0 Å². The SMILES string of the molecule is N/C(=N\O)c1cn(Cc2cc(Cl)c(Cl)c(Cl)c2)nn1. The number of oxime groups is 1. The van der Waals surface area contributed by atoms with Crippen molar-refractivity contribution in [3.8, 4) is 0 Å². The summed E-state index contributed by atoms with van der Waals surface area (Å²) >= 11 is 17.7. The minimum absolute atomic E-state index is 0.113. The van der Waals surface area contributed by atoms with Gasteiger partial charge in [0.1, 0.15) is 0 Å². The van der Waals surface area contributed by atoms with Gasteiger partial charge in [-0.25, -0.2) is 4.68 Å². The Labute approximate surface area is 123 Å². The predicted octanol–water partition coefficient (Wildman–Crippen LogP) is 2.38. The van der Waals surface area contributed by atoms with Gasteiger partial charge < -0.3 is 10.9 Å². The highest BCUT2D eigenvalue weighted by Crippen LogP contribution is 2.31. The molecule has 0 fully saturated rings. The van der Waals surface area contributed by atoms with Crippen molar-refractivity contribution in [1.82, 2.24) is 15.0 Å². The van der Waals surface area contributed by atoms with Gasteiger partial charge in [0.05, 0.1) is 27.8 Å². The van der Waals surface area contributed by atoms with Crippen molar-refractivity contribution < 1.29 is 5.21 Å². The molecule has 2 rings (SSSR count). The van der Waals surface area contributed by atoms with Crippen LogP contribution >= 0.6 is 34.8 Å². The van der Waals surface area contributed by atoms with Crippen LogP contribution in [-0.4, -0.2) is 26.0 Å². The number of hydrogen-bond donors (Lipinski definition) is 2. The molecule has 0 aliphatic carbocycles. The third-order valence-corrected chi connectivity index (χ3v) is 3.49. The molecule has 0 unspecified atom stereocenters. The summed E-state index contributed by atoms with van der Waals surface area (Å²) in [6.07, 6.45) is 1.53. The second-order valence-electron chi connectivity index (χ2n) is 3.66. The molecule has 0 spiro atoms. The highest BCUT2D eigenvalue weighted by molar-refractivity contribution is 6.48. The van der Waals surface area contributed by atoms with E-state index in [0.29, 0.717) is 21.6 Å². The van der Waals surface area contributed by atoms with Gasteiger partial charge >= 0.3 is 0 Å². The van der Waals surface area contributed by atoms with Crippen LogP contribution in [0.25, 0.3) is 0 Å². The van der Waals surface area contributed by atoms with E-state index in [9.17, 15) is 0 Å². The topological polar surface area (TPSA) is 89.3 Å². The molecule has 0 atom stereocenters. The summed E-state index contributed by atoms with van der Waals surface area (Å²) in [6.45, 7) is 0.377. The molecular weight excluding hydrogens is 313 g/mol. The summed E-state index contributed by atoms with van der Waals surface area (Å²) in [6, 6.07) is 3.36. The molecule has 9 heteroatoms. The van der Waals surface area contributed by atoms with Gasteiger partial charge in [-0.3, -0.25) is 0 Å². The van der Waals surface area contributed by atoms with Gasteiger partial charge in [0.25, 0.3) is 0 Å². The first-order valence-corrected chi connectivity index (χ1v) is 6.16. The van der Waals surface area contributed by atoms with Crippen molar-refractivity contribution in [3.63, 3.8) is 0 Å². The van der Waals surface area contributed by atoms with Crippen LogP contribution in [0.1, 0.15) is 11.3 Å². The van der Waals surface area contributed by atoms with Crippen molar-refractivity contribution >= 4 is 40.6 Å². The number of aromatic nitrogens is 3. The molecule has 0 saturated heterocycles. The van der Waals surface area contributed by atoms with Crippen LogP contribution in [0.15, 0.2) is 23.5 Å². The van der Waals surface area contributed by atoms with E-state index in [1.807, 2.05) is 0 Å². The normalized spacial score (nSPS) is 11.8. The summed E-state index contributed by atoms with van der Waals surface area (Å²) in [5, 5.41) is 20.0. The van der Waals surface area contributed by atoms with Crippen molar-refractivity contribution in [2.75, 3.05) is 0 Å². The molecule has 0 saturated carbocycles. The van der Waals surface area contributed by atoms with E-state index >= 15 is 0 Å². The summed E-state index contributed by atoms with van der Waals surface area (Å²) < 4.78 is 1.50. The minimum Gasteiger partial charge on any atom is -0.409 e. The number of amidine groups is 1. The molecule has 19 heavy (non-hydrogen) atoms. The summed E-state index contributed by atoms with van der Waals surface area (Å²) in [7, 11) is 0. The largest absolute Gasteiger partial charge is 0.409 e. The molecule has 3 N–H and O–H groups in total. The molecule has 0 amide bonds. The van der Waals surface area contributed by atoms with Gasteiger partial charge in [-0.1, -0.05) is 45.2 Å². The fourth-order valence-corrected chi connectivity index (χ4v) is 2.07. The number of nitrogens with two attached hydrogens (primary N) is 1. The zero-order valence-corrected chi connectivity index (χ0v) is 11.7. The Morgan fingerprint density at radius 2 is 1.95 bits per heavy atom. The van der Waals surface area contributed by atoms with E-state index in [1.54, 1.807) is 12.1 Å². The van der Waals surface area contributed by atoms with Crippen LogP contribution < -0.4 is 5.73 Å². The fraction of sp³-hybridized carbons (Fsp3) is 0.100. The van der Waals surface area contributed by atoms with Crippen molar-refractivity contribution in [1.29, 1.82) is 0 Å². The highest BCUT2D eigenvalue weighted by Gasteiger charge is 2.09. The Hall–Kier alpha value is -1.50. The first kappa shape index (κ1) is 13.9. The number of rotatable bonds is 3. The third kappa shape index (κ3) is 3.09. The standard InChI is InChI=1S/C10H8Cl3N5O/c11-6-1-5(2-7(12)9(6)13)3-18-4-8(15-17-18)10(14)16-19/h1-2,4,19H,3H2,(H2,14,16). The lowest BCUT2D eigenvalue weighted by Crippen LogP contribution is -2.13. The van der Waals surface area contributed by atoms with Crippen LogP contribution in [-0.2, 0) is 6.54 Å². The van der Waals surface area contributed by atoms with Crippen molar-refractivity contribution in [2.24, 2.45) is 10.9 Å². The monoisotopic (exact) mass is 319 g/mol. The lowest BCUT2D eigenvalue weighted by Gasteiger charge is -2.05. The number of halogens is 3. The molecule has 0 aliphatic heterocycles. The Morgan fingerprint density at radius 1 is 1.32 bits per heavy atom. The third-order valence-electron chi connectivity index (χ3n) is 2.30. The Bertz CT molecular complexity index is 617. The van der Waals surface area contributed by atoms with Gasteiger partial charge in [0.15, 0.2) is 11.5 Å². The van der Waals surface area contributed by atoms with Gasteiger partial charge in [0, 0.05) is 0 Å². The predicted molar refractivity (Wildman–Crippen MR) is 73.1 cm³/mol. The maximum atomic E-state index is 8.53. The lowest BCUT2D eigenvalue weighted by molar-refractivity contribution is 0.318. The number of benzene rings is 1. The molecule has 1 heterocycles. The van der Waals surface area contributed by atoms with Crippen LogP contribution in [0.5, 0.6) is 0 Å². The highest BCUT2D eigenvalue weighted by atomic mass is 35.5. The molecule has 2 aromatic rings. The van der Waals surface area contributed by atoms with Crippen molar-refractivity contribution in [3.05, 3.63) is 44.7 Å². The molecular formula is C10H8Cl3N5O. The van der Waals surface area contributed by atoms with E-state index in [0.717, 1.165) is 5.56 Å². The molecule has 0 radical (unpaired) electrons. The molecule has 100 valence electrons. The quantitative estimate of drug-likeness (QED) is 0.299. The van der Waals surface area contributed by atoms with Gasteiger partial charge in [-0.15, -0.1) is 5.10 Å². The van der Waals surface area contributed by atoms with E-state index in [1.165, 1.54) is 10.9 Å². The molecule has 0 bridgehead atoms. The number of hydrogen-bond acceptors (Lipinski definition) is 4. The zero-order valence-electron chi connectivity index (χ0n) is 9.39. The lowest BCUT2D eigenvalue weighted by atomic mass is 10.2. The average molecular weight is 321 g/mol. The van der Waals surface area contributed by atoms with E-state index in [4.69, 9.17) is 45.7 Å². The Balaban J connectivity index is 2.24. The van der Waals surface area contributed by atoms with Crippen molar-refractivity contribution in [2.45, 2.75) is 6.54 Å². The number of nitrogens with zero attached hydrogens (tertiary/aromatic N) is 4. The Kier molecular flexibility index (Phi) is 4.14. The molecule has 0 aliphatic rings. The van der Waals surface area contributed by atoms with Gasteiger partial charge in [-0.05, 0) is 17.7 Å². The second-order valence-corrected chi connectivity index (χ2v) is 4.85. The Morgan fingerprint density at radius 3 is 2.53 bits per heavy atom. The maximum Gasteiger partial charge on any atom is 0.192 e. The summed E-state index contributed by atoms with van der Waals surface area (Å²) in [4.78, 5) is 0. The zero-order chi connectivity index (χ0) is 14.0. The fourth-order valence-electron chi connectivity index (χ4n) is 1.43. The molecule has 1 aromatic heterocycles. The van der Waals surface area contributed by atoms with Crippen LogP contribution in [0.4, 0.5) is 0 Å². The first-order chi connectivity index (χ1) is 9.01. The smallest absolute Gasteiger partial charge is 0.192 e. The molecule has 6 nitrogen and oxygen atoms in total. The first-order valence-electron chi connectivity index (χ1n) is 5.02. The van der Waals surface area contributed by atoms with Crippen LogP contribution in [0.3, 0.4) is 0 Å². The van der Waals surface area contributed by atoms with E-state index in [-0.39, 0.29) is 11.5 Å². The second kappa shape index (κ2) is 5.64. The minimum atomic E-state index is -0.113. The maximum absolute atomic E-state index is 8.53. The summed E-state index contributed by atoms with van der Waals surface area (Å²) in [5.74, 6) is -0.113. The van der Waals surface area contributed by atoms with E-state index < -0.39 is 0 Å². The summed E-state index contributed by atoms with van der Waals surface area (Å²) in [5.41, 5.74) is 6.47. The van der Waals surface area contributed by atoms with Gasteiger partial charge in [-0.2, -0.15) is 0 Å². The van der Waals surface area contributed by atoms with Gasteiger partial charge in [0.2, 0.25) is 0 Å². The average Bonchev–Trinajstić information content (AvgIpc) is 2.83. The van der Waals surface area contributed by atoms with E-state index in [2.05, 4.69) is 15.5 Å².